The molecule has 5 heterocycles. The minimum absolute atomic E-state index is 0.00473. The summed E-state index contributed by atoms with van der Waals surface area (Å²) in [7, 11) is 5.21. The standard InChI is InChI=1S/C58H65N9O10/c1-8-22-77-58(72)63-53(35(2)3)55(69)61-36(4)54(68)62-41-14-10-37(11-15-41)39-25-43-31-59-47-29-51(49(73-6)27-45(47)56(70)66(43)33-39)75-23-9-24-76-52-30-48-46(28-50(52)74-7)57(71)67-34-40(26-44(67)32-60-48)38-12-16-42(17-13-38)65-20-18-64(5)19-21-65/h8,10-17,27-36,43-44,53H,1,9,18-26H2,2-7H3,(H,61,69)(H,62,68)(H,63,72). The van der Waals surface area contributed by atoms with Crippen LogP contribution in [0.4, 0.5) is 27.5 Å². The fraction of sp³-hybridized carbons (Fsp3) is 0.362. The normalized spacial score (nSPS) is 18.4. The number of amides is 5. The monoisotopic (exact) mass is 1050 g/mol. The molecule has 4 atom stereocenters. The molecule has 0 aromatic heterocycles. The first-order valence-electron chi connectivity index (χ1n) is 25.9. The van der Waals surface area contributed by atoms with Crippen molar-refractivity contribution in [1.82, 2.24) is 25.3 Å². The molecule has 0 saturated carbocycles. The number of methoxy groups -OCH3 is 2. The molecule has 9 rings (SSSR count). The molecule has 0 radical (unpaired) electrons. The number of fused-ring (bicyclic) bond motifs is 4. The number of nitrogens with zero attached hydrogens (tertiary/aromatic N) is 6. The van der Waals surface area contributed by atoms with Gasteiger partial charge >= 0.3 is 6.09 Å². The van der Waals surface area contributed by atoms with Gasteiger partial charge in [0.2, 0.25) is 11.8 Å². The average molecular weight is 1050 g/mol. The maximum absolute atomic E-state index is 14.1. The lowest BCUT2D eigenvalue weighted by atomic mass is 10.0. The number of piperazine rings is 1. The van der Waals surface area contributed by atoms with Gasteiger partial charge in [-0.2, -0.15) is 0 Å². The van der Waals surface area contributed by atoms with Crippen LogP contribution in [0.15, 0.2) is 108 Å². The van der Waals surface area contributed by atoms with E-state index in [1.807, 2.05) is 30.7 Å². The average Bonchev–Trinajstić information content (AvgIpc) is 4.04. The Morgan fingerprint density at radius 2 is 1.22 bits per heavy atom. The summed E-state index contributed by atoms with van der Waals surface area (Å²) >= 11 is 0. The van der Waals surface area contributed by atoms with E-state index < -0.39 is 30.0 Å². The van der Waals surface area contributed by atoms with E-state index in [0.29, 0.717) is 70.4 Å². The molecular formula is C58H65N9O10. The highest BCUT2D eigenvalue weighted by atomic mass is 16.5. The van der Waals surface area contributed by atoms with Crippen molar-refractivity contribution >= 4 is 76.0 Å². The van der Waals surface area contributed by atoms with Crippen LogP contribution in [0.5, 0.6) is 23.0 Å². The zero-order valence-electron chi connectivity index (χ0n) is 44.2. The first-order valence-corrected chi connectivity index (χ1v) is 25.9. The van der Waals surface area contributed by atoms with Crippen molar-refractivity contribution in [1.29, 1.82) is 0 Å². The lowest BCUT2D eigenvalue weighted by Crippen LogP contribution is -2.53. The molecule has 19 heteroatoms. The molecule has 77 heavy (non-hydrogen) atoms. The summed E-state index contributed by atoms with van der Waals surface area (Å²) in [6.45, 7) is 13.2. The number of likely N-dealkylation sites (N-methyl/N-ethyl adjacent to an activating group) is 1. The van der Waals surface area contributed by atoms with Crippen molar-refractivity contribution in [3.63, 3.8) is 0 Å². The summed E-state index contributed by atoms with van der Waals surface area (Å²) in [4.78, 5) is 83.9. The van der Waals surface area contributed by atoms with Gasteiger partial charge in [-0.3, -0.25) is 29.2 Å². The maximum atomic E-state index is 14.1. The zero-order valence-corrected chi connectivity index (χ0v) is 44.2. The van der Waals surface area contributed by atoms with E-state index in [1.165, 1.54) is 18.9 Å². The van der Waals surface area contributed by atoms with Gasteiger partial charge in [0.25, 0.3) is 11.8 Å². The number of anilines is 2. The first-order chi connectivity index (χ1) is 37.2. The third-order valence-electron chi connectivity index (χ3n) is 14.2. The van der Waals surface area contributed by atoms with Gasteiger partial charge in [-0.1, -0.05) is 50.8 Å². The predicted molar refractivity (Wildman–Crippen MR) is 295 cm³/mol. The minimum Gasteiger partial charge on any atom is -0.493 e. The Balaban J connectivity index is 0.769. The van der Waals surface area contributed by atoms with Crippen LogP contribution in [0.25, 0.3) is 11.1 Å². The van der Waals surface area contributed by atoms with Gasteiger partial charge < -0.3 is 59.2 Å². The van der Waals surface area contributed by atoms with Crippen molar-refractivity contribution in [2.24, 2.45) is 15.9 Å². The zero-order chi connectivity index (χ0) is 54.3. The Labute approximate surface area is 448 Å². The number of hydrogen-bond acceptors (Lipinski definition) is 14. The summed E-state index contributed by atoms with van der Waals surface area (Å²) in [5.74, 6) is 0.0194. The van der Waals surface area contributed by atoms with Crippen LogP contribution in [0.3, 0.4) is 0 Å². The van der Waals surface area contributed by atoms with E-state index in [0.717, 1.165) is 48.5 Å². The van der Waals surface area contributed by atoms with Gasteiger partial charge in [-0.25, -0.2) is 4.79 Å². The van der Waals surface area contributed by atoms with Gasteiger partial charge in [-0.15, -0.1) is 0 Å². The number of benzene rings is 4. The Morgan fingerprint density at radius 1 is 0.701 bits per heavy atom. The summed E-state index contributed by atoms with van der Waals surface area (Å²) in [6.07, 6.45) is 9.64. The summed E-state index contributed by atoms with van der Waals surface area (Å²) in [6, 6.07) is 20.2. The lowest BCUT2D eigenvalue weighted by Gasteiger charge is -2.34. The van der Waals surface area contributed by atoms with E-state index >= 15 is 0 Å². The lowest BCUT2D eigenvalue weighted by molar-refractivity contribution is -0.128. The number of alkyl carbamates (subject to hydrolysis) is 1. The van der Waals surface area contributed by atoms with E-state index in [1.54, 1.807) is 80.3 Å². The van der Waals surface area contributed by atoms with Crippen molar-refractivity contribution in [3.05, 3.63) is 120 Å². The van der Waals surface area contributed by atoms with E-state index in [2.05, 4.69) is 63.6 Å². The highest BCUT2D eigenvalue weighted by Gasteiger charge is 2.36. The van der Waals surface area contributed by atoms with Crippen molar-refractivity contribution in [2.45, 2.75) is 64.2 Å². The van der Waals surface area contributed by atoms with Gasteiger partial charge in [0.1, 0.15) is 18.7 Å². The SMILES string of the molecule is C=CCOC(=O)NC(C(=O)NC(C)C(=O)Nc1ccc(C2=CN3C(=O)c4cc(OC)c(OCCCOc5cc6c(cc5OC)C(=O)N5C=C(c7ccc(N8CCN(C)CC8)cc7)CC5C=N6)cc4N=CC3C2)cc1)C(C)C. The largest absolute Gasteiger partial charge is 0.493 e. The molecule has 1 saturated heterocycles. The molecule has 0 aliphatic carbocycles. The molecule has 4 aromatic carbocycles. The fourth-order valence-corrected chi connectivity index (χ4v) is 9.74. The van der Waals surface area contributed by atoms with Crippen LogP contribution in [0, 0.1) is 5.92 Å². The van der Waals surface area contributed by atoms with E-state index in [-0.39, 0.29) is 49.6 Å². The maximum Gasteiger partial charge on any atom is 0.408 e. The molecule has 5 aliphatic heterocycles. The van der Waals surface area contributed by atoms with Crippen LogP contribution >= 0.6 is 0 Å². The molecule has 4 unspecified atom stereocenters. The summed E-state index contributed by atoms with van der Waals surface area (Å²) in [5, 5.41) is 8.01. The quantitative estimate of drug-likeness (QED) is 0.0613. The second-order valence-corrected chi connectivity index (χ2v) is 19.8. The van der Waals surface area contributed by atoms with Crippen LogP contribution in [0.1, 0.15) is 71.9 Å². The second-order valence-electron chi connectivity index (χ2n) is 19.8. The number of carbonyl (C=O) groups is 5. The molecular weight excluding hydrogens is 983 g/mol. The molecule has 4 aromatic rings. The van der Waals surface area contributed by atoms with Crippen molar-refractivity contribution in [2.75, 3.05) is 77.5 Å². The Morgan fingerprint density at radius 3 is 1.71 bits per heavy atom. The summed E-state index contributed by atoms with van der Waals surface area (Å²) in [5.41, 5.74) is 7.39. The van der Waals surface area contributed by atoms with Gasteiger partial charge in [0.05, 0.1) is 62.0 Å². The second kappa shape index (κ2) is 23.6. The molecule has 3 N–H and O–H groups in total. The number of nitrogens with one attached hydrogen (secondary N) is 3. The molecule has 1 fully saturated rings. The van der Waals surface area contributed by atoms with Gasteiger partial charge in [-0.05, 0) is 78.6 Å². The van der Waals surface area contributed by atoms with Crippen molar-refractivity contribution < 1.29 is 47.7 Å². The number of rotatable bonds is 19. The molecule has 402 valence electrons. The topological polar surface area (TPSA) is 205 Å². The molecule has 5 aliphatic rings. The third-order valence-corrected chi connectivity index (χ3v) is 14.2. The Bertz CT molecular complexity index is 3040. The Kier molecular flexibility index (Phi) is 16.4. The molecule has 19 nitrogen and oxygen atoms in total. The van der Waals surface area contributed by atoms with Gasteiger partial charge in [0.15, 0.2) is 23.0 Å². The van der Waals surface area contributed by atoms with Crippen LogP contribution in [-0.2, 0) is 14.3 Å². The number of aliphatic imine (C=N–C) groups is 2. The molecule has 0 bridgehead atoms. The fourth-order valence-electron chi connectivity index (χ4n) is 9.74. The predicted octanol–water partition coefficient (Wildman–Crippen LogP) is 7.63. The van der Waals surface area contributed by atoms with Crippen LogP contribution in [0.2, 0.25) is 0 Å². The van der Waals surface area contributed by atoms with Gasteiger partial charge in [0, 0.05) is 93.8 Å². The highest BCUT2D eigenvalue weighted by molar-refractivity contribution is 6.07. The molecule has 5 amide bonds. The number of carbonyl (C=O) groups excluding carboxylic acids is 5. The van der Waals surface area contributed by atoms with Crippen LogP contribution in [-0.4, -0.2) is 148 Å². The van der Waals surface area contributed by atoms with E-state index in [4.69, 9.17) is 33.7 Å². The van der Waals surface area contributed by atoms with Crippen LogP contribution < -0.4 is 39.8 Å². The van der Waals surface area contributed by atoms with Crippen molar-refractivity contribution in [3.8, 4) is 23.0 Å². The minimum atomic E-state index is -0.917. The number of hydrogen-bond donors (Lipinski definition) is 3. The third kappa shape index (κ3) is 12.0. The molecule has 0 spiro atoms. The Hall–Kier alpha value is -8.45. The smallest absolute Gasteiger partial charge is 0.408 e. The number of ether oxygens (including phenoxy) is 5. The van der Waals surface area contributed by atoms with E-state index in [9.17, 15) is 24.0 Å². The highest BCUT2D eigenvalue weighted by Crippen LogP contribution is 2.42. The summed E-state index contributed by atoms with van der Waals surface area (Å²) < 4.78 is 28.7. The first kappa shape index (κ1) is 53.4.